The quantitative estimate of drug-likeness (QED) is 0.165. The van der Waals surface area contributed by atoms with Crippen molar-refractivity contribution >= 4 is 18.2 Å². The van der Waals surface area contributed by atoms with Gasteiger partial charge in [0, 0.05) is 5.56 Å². The Balaban J connectivity index is 0.000000240. The molecule has 4 aromatic carbocycles. The van der Waals surface area contributed by atoms with Crippen LogP contribution in [-0.2, 0) is 51.7 Å². The first kappa shape index (κ1) is 33.4. The minimum atomic E-state index is -0.432. The first-order valence-corrected chi connectivity index (χ1v) is 13.4. The Morgan fingerprint density at radius 2 is 1.11 bits per heavy atom. The van der Waals surface area contributed by atoms with Gasteiger partial charge in [-0.1, -0.05) is 30.3 Å². The molecular weight excluding hydrogens is 574 g/mol. The van der Waals surface area contributed by atoms with E-state index < -0.39 is 5.97 Å². The van der Waals surface area contributed by atoms with E-state index in [0.717, 1.165) is 11.1 Å². The van der Waals surface area contributed by atoms with Crippen molar-refractivity contribution in [3.05, 3.63) is 130 Å². The number of benzene rings is 4. The number of methoxy groups -OCH3 is 2. The number of carbonyl (C=O) groups is 3. The SMILES string of the molecule is COC(=O)Cc1cc(OCc2ccc(F)cc2)ccc1C=O.COC(=O)Cc1cc(OCc2ccc(F)cc2)ccc1CO. The molecule has 10 heteroatoms. The Morgan fingerprint density at radius 3 is 1.57 bits per heavy atom. The fourth-order valence-electron chi connectivity index (χ4n) is 3.90. The number of carbonyl (C=O) groups excluding carboxylic acids is 3. The summed E-state index contributed by atoms with van der Waals surface area (Å²) in [5.74, 6) is -0.325. The summed E-state index contributed by atoms with van der Waals surface area (Å²) in [4.78, 5) is 33.7. The third-order valence-corrected chi connectivity index (χ3v) is 6.35. The fraction of sp³-hybridized carbons (Fsp3) is 0.206. The number of aldehydes is 1. The first-order chi connectivity index (χ1) is 21.2. The van der Waals surface area contributed by atoms with E-state index in [1.54, 1.807) is 60.7 Å². The molecule has 44 heavy (non-hydrogen) atoms. The molecule has 0 aliphatic rings. The molecule has 4 aromatic rings. The highest BCUT2D eigenvalue weighted by Crippen LogP contribution is 2.21. The zero-order valence-corrected chi connectivity index (χ0v) is 24.3. The van der Waals surface area contributed by atoms with E-state index in [2.05, 4.69) is 9.47 Å². The monoisotopic (exact) mass is 606 g/mol. The standard InChI is InChI=1S/C17H17FO4.C17H15FO4/c2*1-21-17(20)9-14-8-16(7-4-13(14)10-19)22-11-12-2-5-15(18)6-3-12/h2-8,19H,9-11H2,1H3;2-8,10H,9,11H2,1H3. The van der Waals surface area contributed by atoms with Gasteiger partial charge < -0.3 is 24.1 Å². The number of ether oxygens (including phenoxy) is 4. The summed E-state index contributed by atoms with van der Waals surface area (Å²) in [6.45, 7) is 0.388. The number of aliphatic hydroxyl groups is 1. The van der Waals surface area contributed by atoms with Gasteiger partial charge in [-0.15, -0.1) is 0 Å². The molecular formula is C34H32F2O8. The van der Waals surface area contributed by atoms with E-state index in [9.17, 15) is 28.3 Å². The Bertz CT molecular complexity index is 1540. The van der Waals surface area contributed by atoms with Gasteiger partial charge in [0.15, 0.2) is 0 Å². The summed E-state index contributed by atoms with van der Waals surface area (Å²) in [6.07, 6.45) is 0.750. The number of esters is 2. The topological polar surface area (TPSA) is 108 Å². The maximum Gasteiger partial charge on any atom is 0.310 e. The van der Waals surface area contributed by atoms with Crippen molar-refractivity contribution in [3.8, 4) is 11.5 Å². The van der Waals surface area contributed by atoms with E-state index in [-0.39, 0.29) is 50.3 Å². The van der Waals surface area contributed by atoms with Crippen LogP contribution in [0, 0.1) is 11.6 Å². The van der Waals surface area contributed by atoms with Crippen LogP contribution < -0.4 is 9.47 Å². The molecule has 0 saturated heterocycles. The highest BCUT2D eigenvalue weighted by Gasteiger charge is 2.11. The summed E-state index contributed by atoms with van der Waals surface area (Å²) in [7, 11) is 2.60. The fourth-order valence-corrected chi connectivity index (χ4v) is 3.90. The van der Waals surface area contributed by atoms with Gasteiger partial charge in [-0.05, 0) is 82.4 Å². The lowest BCUT2D eigenvalue weighted by Crippen LogP contribution is -2.07. The van der Waals surface area contributed by atoms with Crippen LogP contribution in [0.25, 0.3) is 0 Å². The summed E-state index contributed by atoms with van der Waals surface area (Å²) in [6, 6.07) is 22.0. The van der Waals surface area contributed by atoms with Crippen LogP contribution in [0.15, 0.2) is 84.9 Å². The minimum absolute atomic E-state index is 0.00167. The smallest absolute Gasteiger partial charge is 0.310 e. The highest BCUT2D eigenvalue weighted by atomic mass is 19.1. The van der Waals surface area contributed by atoms with Crippen molar-refractivity contribution in [2.45, 2.75) is 32.7 Å². The molecule has 8 nitrogen and oxygen atoms in total. The second-order valence-corrected chi connectivity index (χ2v) is 9.40. The van der Waals surface area contributed by atoms with E-state index >= 15 is 0 Å². The molecule has 0 fully saturated rings. The average Bonchev–Trinajstić information content (AvgIpc) is 3.04. The van der Waals surface area contributed by atoms with Crippen LogP contribution >= 0.6 is 0 Å². The predicted molar refractivity (Wildman–Crippen MR) is 157 cm³/mol. The molecule has 0 aliphatic heterocycles. The van der Waals surface area contributed by atoms with Crippen molar-refractivity contribution in [1.29, 1.82) is 0 Å². The maximum atomic E-state index is 12.8. The Labute approximate surface area is 253 Å². The van der Waals surface area contributed by atoms with Gasteiger partial charge in [0.25, 0.3) is 0 Å². The summed E-state index contributed by atoms with van der Waals surface area (Å²) < 4.78 is 46.1. The van der Waals surface area contributed by atoms with Crippen LogP contribution in [0.1, 0.15) is 38.2 Å². The van der Waals surface area contributed by atoms with Gasteiger partial charge >= 0.3 is 11.9 Å². The van der Waals surface area contributed by atoms with E-state index in [1.165, 1.54) is 38.5 Å². The molecule has 4 rings (SSSR count). The minimum Gasteiger partial charge on any atom is -0.489 e. The van der Waals surface area contributed by atoms with Gasteiger partial charge in [-0.25, -0.2) is 8.78 Å². The second kappa shape index (κ2) is 17.1. The number of hydrogen-bond acceptors (Lipinski definition) is 8. The molecule has 0 spiro atoms. The zero-order valence-electron chi connectivity index (χ0n) is 24.3. The van der Waals surface area contributed by atoms with Crippen LogP contribution in [0.2, 0.25) is 0 Å². The van der Waals surface area contributed by atoms with Crippen LogP contribution in [0.5, 0.6) is 11.5 Å². The lowest BCUT2D eigenvalue weighted by molar-refractivity contribution is -0.140. The van der Waals surface area contributed by atoms with Gasteiger partial charge in [0.05, 0.1) is 33.7 Å². The molecule has 0 radical (unpaired) electrons. The maximum absolute atomic E-state index is 12.8. The van der Waals surface area contributed by atoms with Crippen molar-refractivity contribution in [1.82, 2.24) is 0 Å². The second-order valence-electron chi connectivity index (χ2n) is 9.40. The molecule has 0 aromatic heterocycles. The van der Waals surface area contributed by atoms with E-state index in [4.69, 9.17) is 9.47 Å². The van der Waals surface area contributed by atoms with Crippen LogP contribution in [0.4, 0.5) is 8.78 Å². The molecule has 0 amide bonds. The molecule has 0 bridgehead atoms. The molecule has 0 aliphatic carbocycles. The lowest BCUT2D eigenvalue weighted by Gasteiger charge is -2.11. The number of halogens is 2. The van der Waals surface area contributed by atoms with Crippen molar-refractivity contribution in [3.63, 3.8) is 0 Å². The number of hydrogen-bond donors (Lipinski definition) is 1. The summed E-state index contributed by atoms with van der Waals surface area (Å²) >= 11 is 0. The van der Waals surface area contributed by atoms with Gasteiger partial charge in [0.1, 0.15) is 42.6 Å². The molecule has 0 atom stereocenters. The highest BCUT2D eigenvalue weighted by molar-refractivity contribution is 5.82. The van der Waals surface area contributed by atoms with Crippen molar-refractivity contribution in [2.24, 2.45) is 0 Å². The Morgan fingerprint density at radius 1 is 0.659 bits per heavy atom. The van der Waals surface area contributed by atoms with Gasteiger partial charge in [-0.2, -0.15) is 0 Å². The number of aliphatic hydroxyl groups excluding tert-OH is 1. The molecule has 1 N–H and O–H groups in total. The Kier molecular flexibility index (Phi) is 13.0. The lowest BCUT2D eigenvalue weighted by atomic mass is 10.0. The van der Waals surface area contributed by atoms with Crippen molar-refractivity contribution < 1.29 is 47.2 Å². The largest absolute Gasteiger partial charge is 0.489 e. The van der Waals surface area contributed by atoms with Crippen LogP contribution in [-0.4, -0.2) is 37.6 Å². The average molecular weight is 607 g/mol. The van der Waals surface area contributed by atoms with Crippen LogP contribution in [0.3, 0.4) is 0 Å². The van der Waals surface area contributed by atoms with Gasteiger partial charge in [-0.3, -0.25) is 14.4 Å². The summed E-state index contributed by atoms with van der Waals surface area (Å²) in [5, 5.41) is 9.30. The van der Waals surface area contributed by atoms with Crippen molar-refractivity contribution in [2.75, 3.05) is 14.2 Å². The van der Waals surface area contributed by atoms with E-state index in [0.29, 0.717) is 40.0 Å². The zero-order chi connectivity index (χ0) is 31.9. The molecule has 0 unspecified atom stereocenters. The number of rotatable bonds is 12. The third kappa shape index (κ3) is 10.6. The van der Waals surface area contributed by atoms with E-state index in [1.807, 2.05) is 0 Å². The van der Waals surface area contributed by atoms with Gasteiger partial charge in [0.2, 0.25) is 0 Å². The molecule has 0 heterocycles. The molecule has 0 saturated carbocycles. The normalized spacial score (nSPS) is 10.2. The third-order valence-electron chi connectivity index (χ3n) is 6.35. The Hall–Kier alpha value is -5.09. The molecule has 230 valence electrons. The summed E-state index contributed by atoms with van der Waals surface area (Å²) in [5.41, 5.74) is 3.92. The predicted octanol–water partition coefficient (Wildman–Crippen LogP) is 5.55. The first-order valence-electron chi connectivity index (χ1n) is 13.4.